The van der Waals surface area contributed by atoms with E-state index in [0.717, 1.165) is 18.5 Å². The number of hydrogen-bond acceptors (Lipinski definition) is 6. The number of aromatic nitrogens is 4. The number of rotatable bonds is 4. The quantitative estimate of drug-likeness (QED) is 0.675. The molecular formula is C21H20FN5O2. The zero-order chi connectivity index (χ0) is 20.2. The molecule has 8 heteroatoms. The minimum Gasteiger partial charge on any atom is -0.437 e. The maximum absolute atomic E-state index is 13.1. The maximum Gasteiger partial charge on any atom is 0.274 e. The van der Waals surface area contributed by atoms with Crippen LogP contribution in [0.25, 0.3) is 0 Å². The Kier molecular flexibility index (Phi) is 5.41. The third kappa shape index (κ3) is 4.37. The molecule has 0 bridgehead atoms. The second-order valence-electron chi connectivity index (χ2n) is 6.94. The highest BCUT2D eigenvalue weighted by molar-refractivity contribution is 5.92. The Morgan fingerprint density at radius 3 is 2.66 bits per heavy atom. The molecule has 3 heterocycles. The Hall–Kier alpha value is -3.42. The average Bonchev–Trinajstić information content (AvgIpc) is 2.76. The van der Waals surface area contributed by atoms with Crippen LogP contribution in [0.3, 0.4) is 0 Å². The van der Waals surface area contributed by atoms with E-state index in [4.69, 9.17) is 4.74 Å². The standard InChI is InChI=1S/C21H20FN5O2/c1-14-11-26-18(12-25-14)21(28)27-10-2-3-15(13-27)19-20(24-9-8-23-19)29-17-6-4-16(22)5-7-17/h4-9,11-12,15H,2-3,10,13H2,1H3/t15-/m0/s1. The van der Waals surface area contributed by atoms with E-state index in [0.29, 0.717) is 36.1 Å². The van der Waals surface area contributed by atoms with Crippen molar-refractivity contribution in [3.63, 3.8) is 0 Å². The van der Waals surface area contributed by atoms with Gasteiger partial charge in [-0.05, 0) is 44.0 Å². The molecule has 2 aromatic heterocycles. The fourth-order valence-electron chi connectivity index (χ4n) is 3.36. The number of benzene rings is 1. The van der Waals surface area contributed by atoms with Crippen LogP contribution in [-0.2, 0) is 0 Å². The fourth-order valence-corrected chi connectivity index (χ4v) is 3.36. The zero-order valence-electron chi connectivity index (χ0n) is 16.0. The Morgan fingerprint density at radius 1 is 1.10 bits per heavy atom. The smallest absolute Gasteiger partial charge is 0.274 e. The van der Waals surface area contributed by atoms with Crippen molar-refractivity contribution in [2.45, 2.75) is 25.7 Å². The Bertz CT molecular complexity index is 995. The van der Waals surface area contributed by atoms with Gasteiger partial charge in [-0.1, -0.05) is 0 Å². The number of carbonyl (C=O) groups excluding carboxylic acids is 1. The lowest BCUT2D eigenvalue weighted by Crippen LogP contribution is -2.39. The summed E-state index contributed by atoms with van der Waals surface area (Å²) in [7, 11) is 0. The largest absolute Gasteiger partial charge is 0.437 e. The van der Waals surface area contributed by atoms with Gasteiger partial charge < -0.3 is 9.64 Å². The van der Waals surface area contributed by atoms with Crippen molar-refractivity contribution in [2.24, 2.45) is 0 Å². The zero-order valence-corrected chi connectivity index (χ0v) is 16.0. The summed E-state index contributed by atoms with van der Waals surface area (Å²) in [6, 6.07) is 5.74. The van der Waals surface area contributed by atoms with Crippen LogP contribution in [0.2, 0.25) is 0 Å². The van der Waals surface area contributed by atoms with E-state index in [1.54, 1.807) is 35.6 Å². The number of ether oxygens (including phenoxy) is 1. The van der Waals surface area contributed by atoms with Crippen molar-refractivity contribution in [3.8, 4) is 11.6 Å². The number of amides is 1. The van der Waals surface area contributed by atoms with Crippen molar-refractivity contribution in [1.82, 2.24) is 24.8 Å². The summed E-state index contributed by atoms with van der Waals surface area (Å²) in [6.07, 6.45) is 7.96. The minimum atomic E-state index is -0.336. The number of halogens is 1. The van der Waals surface area contributed by atoms with E-state index in [2.05, 4.69) is 19.9 Å². The summed E-state index contributed by atoms with van der Waals surface area (Å²) in [5, 5.41) is 0. The fraction of sp³-hybridized carbons (Fsp3) is 0.286. The Labute approximate surface area is 167 Å². The molecule has 148 valence electrons. The summed E-state index contributed by atoms with van der Waals surface area (Å²) in [4.78, 5) is 31.7. The summed E-state index contributed by atoms with van der Waals surface area (Å²) in [6.45, 7) is 2.97. The highest BCUT2D eigenvalue weighted by Crippen LogP contribution is 2.33. The van der Waals surface area contributed by atoms with Gasteiger partial charge >= 0.3 is 0 Å². The van der Waals surface area contributed by atoms with E-state index in [1.165, 1.54) is 18.3 Å². The molecule has 4 rings (SSSR count). The second-order valence-corrected chi connectivity index (χ2v) is 6.94. The molecule has 1 atom stereocenters. The lowest BCUT2D eigenvalue weighted by atomic mass is 9.94. The molecule has 1 amide bonds. The van der Waals surface area contributed by atoms with E-state index < -0.39 is 0 Å². The molecular weight excluding hydrogens is 373 g/mol. The van der Waals surface area contributed by atoms with Crippen molar-refractivity contribution >= 4 is 5.91 Å². The van der Waals surface area contributed by atoms with Crippen LogP contribution in [0.15, 0.2) is 49.1 Å². The van der Waals surface area contributed by atoms with Crippen molar-refractivity contribution in [3.05, 3.63) is 72.0 Å². The number of hydrogen-bond donors (Lipinski definition) is 0. The predicted octanol–water partition coefficient (Wildman–Crippen LogP) is 3.53. The molecule has 0 aliphatic carbocycles. The normalized spacial score (nSPS) is 16.5. The number of aryl methyl sites for hydroxylation is 1. The van der Waals surface area contributed by atoms with Gasteiger partial charge in [-0.2, -0.15) is 0 Å². The average molecular weight is 393 g/mol. The van der Waals surface area contributed by atoms with Gasteiger partial charge in [-0.15, -0.1) is 0 Å². The van der Waals surface area contributed by atoms with Crippen molar-refractivity contribution in [2.75, 3.05) is 13.1 Å². The first-order valence-electron chi connectivity index (χ1n) is 9.42. The summed E-state index contributed by atoms with van der Waals surface area (Å²) < 4.78 is 19.0. The monoisotopic (exact) mass is 393 g/mol. The second kappa shape index (κ2) is 8.30. The highest BCUT2D eigenvalue weighted by atomic mass is 19.1. The molecule has 3 aromatic rings. The van der Waals surface area contributed by atoms with Gasteiger partial charge in [0.1, 0.15) is 23.0 Å². The Balaban J connectivity index is 1.53. The molecule has 1 aliphatic heterocycles. The first-order valence-corrected chi connectivity index (χ1v) is 9.42. The van der Waals surface area contributed by atoms with Crippen molar-refractivity contribution < 1.29 is 13.9 Å². The van der Waals surface area contributed by atoms with Gasteiger partial charge in [0, 0.05) is 37.6 Å². The molecule has 29 heavy (non-hydrogen) atoms. The van der Waals surface area contributed by atoms with Gasteiger partial charge in [-0.25, -0.2) is 14.4 Å². The summed E-state index contributed by atoms with van der Waals surface area (Å²) in [5.41, 5.74) is 1.78. The van der Waals surface area contributed by atoms with E-state index >= 15 is 0 Å². The predicted molar refractivity (Wildman–Crippen MR) is 103 cm³/mol. The third-order valence-corrected chi connectivity index (χ3v) is 4.81. The van der Waals surface area contributed by atoms with Crippen LogP contribution in [-0.4, -0.2) is 43.8 Å². The highest BCUT2D eigenvalue weighted by Gasteiger charge is 2.29. The molecule has 0 spiro atoms. The van der Waals surface area contributed by atoms with Gasteiger partial charge in [0.15, 0.2) is 0 Å². The number of piperidine rings is 1. The molecule has 1 saturated heterocycles. The van der Waals surface area contributed by atoms with Crippen LogP contribution in [0.1, 0.15) is 40.6 Å². The van der Waals surface area contributed by atoms with Crippen LogP contribution in [0, 0.1) is 12.7 Å². The molecule has 0 N–H and O–H groups in total. The maximum atomic E-state index is 13.1. The molecule has 1 fully saturated rings. The molecule has 7 nitrogen and oxygen atoms in total. The number of carbonyl (C=O) groups is 1. The topological polar surface area (TPSA) is 81.1 Å². The van der Waals surface area contributed by atoms with Gasteiger partial charge in [0.25, 0.3) is 5.91 Å². The van der Waals surface area contributed by atoms with E-state index in [9.17, 15) is 9.18 Å². The number of likely N-dealkylation sites (tertiary alicyclic amines) is 1. The summed E-state index contributed by atoms with van der Waals surface area (Å²) in [5.74, 6) is 0.347. The van der Waals surface area contributed by atoms with Crippen LogP contribution >= 0.6 is 0 Å². The van der Waals surface area contributed by atoms with Gasteiger partial charge in [0.05, 0.1) is 11.9 Å². The molecule has 0 unspecified atom stereocenters. The van der Waals surface area contributed by atoms with E-state index in [-0.39, 0.29) is 17.6 Å². The molecule has 1 aliphatic rings. The van der Waals surface area contributed by atoms with Gasteiger partial charge in [0.2, 0.25) is 5.88 Å². The van der Waals surface area contributed by atoms with Crippen LogP contribution in [0.5, 0.6) is 11.6 Å². The SMILES string of the molecule is Cc1cnc(C(=O)N2CCC[C@H](c3nccnc3Oc3ccc(F)cc3)C2)cn1. The first-order chi connectivity index (χ1) is 14.1. The lowest BCUT2D eigenvalue weighted by molar-refractivity contribution is 0.0698. The molecule has 0 radical (unpaired) electrons. The third-order valence-electron chi connectivity index (χ3n) is 4.81. The number of nitrogens with zero attached hydrogens (tertiary/aromatic N) is 5. The van der Waals surface area contributed by atoms with E-state index in [1.807, 2.05) is 6.92 Å². The van der Waals surface area contributed by atoms with Crippen LogP contribution < -0.4 is 4.74 Å². The Morgan fingerprint density at radius 2 is 1.90 bits per heavy atom. The van der Waals surface area contributed by atoms with Crippen LogP contribution in [0.4, 0.5) is 4.39 Å². The van der Waals surface area contributed by atoms with Gasteiger partial charge in [-0.3, -0.25) is 14.8 Å². The molecule has 1 aromatic carbocycles. The first kappa shape index (κ1) is 18.9. The summed E-state index contributed by atoms with van der Waals surface area (Å²) >= 11 is 0. The minimum absolute atomic E-state index is 0.0183. The molecule has 0 saturated carbocycles. The lowest BCUT2D eigenvalue weighted by Gasteiger charge is -2.32. The van der Waals surface area contributed by atoms with Crippen molar-refractivity contribution in [1.29, 1.82) is 0 Å².